The van der Waals surface area contributed by atoms with Crippen LogP contribution in [0.15, 0.2) is 83.3 Å². The number of nitrogens with one attached hydrogen (secondary N) is 1. The number of carbonyl (C=O) groups excluding carboxylic acids is 1. The quantitative estimate of drug-likeness (QED) is 0.508. The van der Waals surface area contributed by atoms with Gasteiger partial charge in [-0.1, -0.05) is 48.5 Å². The van der Waals surface area contributed by atoms with E-state index in [1.807, 2.05) is 78.9 Å². The Morgan fingerprint density at radius 1 is 0.963 bits per heavy atom. The van der Waals surface area contributed by atoms with Crippen LogP contribution in [0.1, 0.15) is 21.7 Å². The van der Waals surface area contributed by atoms with Crippen LogP contribution >= 0.6 is 0 Å². The Morgan fingerprint density at radius 3 is 2.41 bits per heavy atom. The number of fused-ring (bicyclic) bond motifs is 1. The minimum absolute atomic E-state index is 0.197. The number of carbonyl (C=O) groups is 1. The highest BCUT2D eigenvalue weighted by molar-refractivity contribution is 6.13. The van der Waals surface area contributed by atoms with Gasteiger partial charge in [-0.05, 0) is 42.8 Å². The van der Waals surface area contributed by atoms with Crippen molar-refractivity contribution < 1.29 is 13.9 Å². The summed E-state index contributed by atoms with van der Waals surface area (Å²) in [5.74, 6) is 1.08. The molecule has 1 heterocycles. The molecule has 0 aliphatic carbocycles. The molecular formula is C23H19NO3. The Morgan fingerprint density at radius 2 is 1.67 bits per heavy atom. The first-order valence-corrected chi connectivity index (χ1v) is 8.77. The fourth-order valence-electron chi connectivity index (χ4n) is 3.03. The number of rotatable bonds is 5. The van der Waals surface area contributed by atoms with Gasteiger partial charge < -0.3 is 14.5 Å². The predicted molar refractivity (Wildman–Crippen MR) is 106 cm³/mol. The van der Waals surface area contributed by atoms with Gasteiger partial charge in [0.15, 0.2) is 0 Å². The molecule has 0 saturated carbocycles. The molecular weight excluding hydrogens is 338 g/mol. The zero-order valence-corrected chi connectivity index (χ0v) is 14.9. The molecule has 0 bridgehead atoms. The van der Waals surface area contributed by atoms with E-state index < -0.39 is 0 Å². The molecule has 4 rings (SSSR count). The van der Waals surface area contributed by atoms with E-state index in [2.05, 4.69) is 5.32 Å². The van der Waals surface area contributed by atoms with Crippen LogP contribution < -0.4 is 10.1 Å². The van der Waals surface area contributed by atoms with E-state index in [9.17, 15) is 4.79 Å². The lowest BCUT2D eigenvalue weighted by atomic mass is 10.1. The van der Waals surface area contributed by atoms with Crippen molar-refractivity contribution in [1.82, 2.24) is 0 Å². The lowest BCUT2D eigenvalue weighted by Crippen LogP contribution is -2.12. The van der Waals surface area contributed by atoms with Gasteiger partial charge in [0.05, 0.1) is 5.56 Å². The number of hydrogen-bond acceptors (Lipinski definition) is 3. The fourth-order valence-corrected chi connectivity index (χ4v) is 3.03. The molecule has 0 unspecified atom stereocenters. The Kier molecular flexibility index (Phi) is 4.62. The number of benzene rings is 3. The molecule has 4 nitrogen and oxygen atoms in total. The van der Waals surface area contributed by atoms with Gasteiger partial charge in [-0.2, -0.15) is 0 Å². The standard InChI is InChI=1S/C23H19NO3/c1-16-22(23(25)24-18-10-6-3-7-11-18)20-14-19(12-13-21(20)27-16)26-15-17-8-4-2-5-9-17/h2-14H,15H2,1H3,(H,24,25). The summed E-state index contributed by atoms with van der Waals surface area (Å²) in [7, 11) is 0. The van der Waals surface area contributed by atoms with Crippen molar-refractivity contribution >= 4 is 22.6 Å². The van der Waals surface area contributed by atoms with Crippen molar-refractivity contribution in [3.05, 3.63) is 95.7 Å². The van der Waals surface area contributed by atoms with E-state index in [0.29, 0.717) is 29.3 Å². The molecule has 0 spiro atoms. The van der Waals surface area contributed by atoms with Crippen molar-refractivity contribution in [2.45, 2.75) is 13.5 Å². The number of aryl methyl sites for hydroxylation is 1. The van der Waals surface area contributed by atoms with Gasteiger partial charge in [0.1, 0.15) is 23.7 Å². The van der Waals surface area contributed by atoms with E-state index in [4.69, 9.17) is 9.15 Å². The molecule has 4 aromatic rings. The molecule has 27 heavy (non-hydrogen) atoms. The summed E-state index contributed by atoms with van der Waals surface area (Å²) < 4.78 is 11.6. The summed E-state index contributed by atoms with van der Waals surface area (Å²) in [6, 6.07) is 24.9. The molecule has 134 valence electrons. The van der Waals surface area contributed by atoms with Crippen LogP contribution in [0.25, 0.3) is 11.0 Å². The van der Waals surface area contributed by atoms with Gasteiger partial charge in [-0.15, -0.1) is 0 Å². The second kappa shape index (κ2) is 7.38. The number of anilines is 1. The van der Waals surface area contributed by atoms with Gasteiger partial charge in [0, 0.05) is 11.1 Å². The molecule has 0 fully saturated rings. The van der Waals surface area contributed by atoms with Gasteiger partial charge in [-0.25, -0.2) is 0 Å². The first-order chi connectivity index (χ1) is 13.2. The zero-order chi connectivity index (χ0) is 18.6. The van der Waals surface area contributed by atoms with Crippen molar-refractivity contribution in [3.63, 3.8) is 0 Å². The van der Waals surface area contributed by atoms with E-state index >= 15 is 0 Å². The lowest BCUT2D eigenvalue weighted by Gasteiger charge is -2.07. The summed E-state index contributed by atoms with van der Waals surface area (Å²) in [6.45, 7) is 2.26. The molecule has 4 heteroatoms. The smallest absolute Gasteiger partial charge is 0.259 e. The first kappa shape index (κ1) is 16.9. The number of furan rings is 1. The van der Waals surface area contributed by atoms with Crippen LogP contribution in [0, 0.1) is 6.92 Å². The van der Waals surface area contributed by atoms with E-state index in [1.54, 1.807) is 6.92 Å². The van der Waals surface area contributed by atoms with E-state index in [-0.39, 0.29) is 5.91 Å². The van der Waals surface area contributed by atoms with E-state index in [1.165, 1.54) is 0 Å². The summed E-state index contributed by atoms with van der Waals surface area (Å²) in [6.07, 6.45) is 0. The number of amides is 1. The van der Waals surface area contributed by atoms with Crippen molar-refractivity contribution in [3.8, 4) is 5.75 Å². The monoisotopic (exact) mass is 357 g/mol. The first-order valence-electron chi connectivity index (χ1n) is 8.77. The van der Waals surface area contributed by atoms with E-state index in [0.717, 1.165) is 16.6 Å². The molecule has 0 aliphatic rings. The maximum Gasteiger partial charge on any atom is 0.259 e. The molecule has 0 atom stereocenters. The minimum atomic E-state index is -0.197. The topological polar surface area (TPSA) is 51.5 Å². The summed E-state index contributed by atoms with van der Waals surface area (Å²) in [5.41, 5.74) is 3.02. The molecule has 0 radical (unpaired) electrons. The highest BCUT2D eigenvalue weighted by Crippen LogP contribution is 2.30. The minimum Gasteiger partial charge on any atom is -0.489 e. The molecule has 0 aliphatic heterocycles. The molecule has 1 aromatic heterocycles. The van der Waals surface area contributed by atoms with Gasteiger partial charge in [-0.3, -0.25) is 4.79 Å². The second-order valence-electron chi connectivity index (χ2n) is 6.29. The Labute approximate surface area is 157 Å². The van der Waals surface area contributed by atoms with Crippen LogP contribution in [0.2, 0.25) is 0 Å². The van der Waals surface area contributed by atoms with Crippen LogP contribution in [-0.4, -0.2) is 5.91 Å². The number of ether oxygens (including phenoxy) is 1. The van der Waals surface area contributed by atoms with Crippen LogP contribution in [0.4, 0.5) is 5.69 Å². The third-order valence-corrected chi connectivity index (χ3v) is 4.34. The van der Waals surface area contributed by atoms with Gasteiger partial charge in [0.2, 0.25) is 0 Å². The third kappa shape index (κ3) is 3.70. The maximum absolute atomic E-state index is 12.8. The lowest BCUT2D eigenvalue weighted by molar-refractivity contribution is 0.102. The molecule has 1 N–H and O–H groups in total. The SMILES string of the molecule is Cc1oc2ccc(OCc3ccccc3)cc2c1C(=O)Nc1ccccc1. The average molecular weight is 357 g/mol. The van der Waals surface area contributed by atoms with Crippen LogP contribution in [0.5, 0.6) is 5.75 Å². The van der Waals surface area contributed by atoms with Crippen molar-refractivity contribution in [1.29, 1.82) is 0 Å². The molecule has 3 aromatic carbocycles. The third-order valence-electron chi connectivity index (χ3n) is 4.34. The van der Waals surface area contributed by atoms with Gasteiger partial charge >= 0.3 is 0 Å². The Balaban J connectivity index is 1.60. The second-order valence-corrected chi connectivity index (χ2v) is 6.29. The summed E-state index contributed by atoms with van der Waals surface area (Å²) >= 11 is 0. The van der Waals surface area contributed by atoms with Crippen molar-refractivity contribution in [2.24, 2.45) is 0 Å². The average Bonchev–Trinajstić information content (AvgIpc) is 3.03. The predicted octanol–water partition coefficient (Wildman–Crippen LogP) is 5.57. The highest BCUT2D eigenvalue weighted by atomic mass is 16.5. The maximum atomic E-state index is 12.8. The normalized spacial score (nSPS) is 10.7. The fraction of sp³-hybridized carbons (Fsp3) is 0.0870. The van der Waals surface area contributed by atoms with Crippen molar-refractivity contribution in [2.75, 3.05) is 5.32 Å². The highest BCUT2D eigenvalue weighted by Gasteiger charge is 2.19. The number of para-hydroxylation sites is 1. The Bertz CT molecular complexity index is 1070. The summed E-state index contributed by atoms with van der Waals surface area (Å²) in [5, 5.41) is 3.66. The van der Waals surface area contributed by atoms with Crippen LogP contribution in [-0.2, 0) is 6.61 Å². The molecule has 1 amide bonds. The number of hydrogen-bond donors (Lipinski definition) is 1. The zero-order valence-electron chi connectivity index (χ0n) is 14.9. The van der Waals surface area contributed by atoms with Crippen LogP contribution in [0.3, 0.4) is 0 Å². The Hall–Kier alpha value is -3.53. The molecule has 0 saturated heterocycles. The summed E-state index contributed by atoms with van der Waals surface area (Å²) in [4.78, 5) is 12.8. The largest absolute Gasteiger partial charge is 0.489 e. The van der Waals surface area contributed by atoms with Gasteiger partial charge in [0.25, 0.3) is 5.91 Å².